The number of piperidine rings is 1. The number of ether oxygens (including phenoxy) is 1. The van der Waals surface area contributed by atoms with Gasteiger partial charge in [0.05, 0.1) is 12.5 Å². The maximum atomic E-state index is 12.2. The molecule has 8 heteroatoms. The van der Waals surface area contributed by atoms with Crippen LogP contribution in [0.1, 0.15) is 51.9 Å². The molecule has 0 aromatic heterocycles. The Balaban J connectivity index is 0.00000392. The minimum atomic E-state index is -0.127. The number of aliphatic imine (C=N–C) groups is 1. The van der Waals surface area contributed by atoms with E-state index in [1.54, 1.807) is 19.0 Å². The van der Waals surface area contributed by atoms with Crippen LogP contribution < -0.4 is 5.32 Å². The number of esters is 1. The maximum Gasteiger partial charge on any atom is 0.310 e. The number of carbonyl (C=O) groups is 2. The maximum absolute atomic E-state index is 12.2. The summed E-state index contributed by atoms with van der Waals surface area (Å²) in [7, 11) is 3.48. The Hall–Kier alpha value is -1.06. The van der Waals surface area contributed by atoms with Crippen LogP contribution in [0.5, 0.6) is 0 Å². The summed E-state index contributed by atoms with van der Waals surface area (Å²) < 4.78 is 5.21. The Morgan fingerprint density at radius 3 is 2.50 bits per heavy atom. The normalized spacial score (nSPS) is 20.9. The average molecular weight is 508 g/mol. The van der Waals surface area contributed by atoms with Gasteiger partial charge in [0, 0.05) is 33.7 Å². The molecule has 0 aromatic carbocycles. The quantitative estimate of drug-likeness (QED) is 0.258. The number of rotatable bonds is 6. The first-order valence-corrected chi connectivity index (χ1v) is 10.4. The molecule has 1 unspecified atom stereocenters. The highest BCUT2D eigenvalue weighted by Crippen LogP contribution is 2.23. The minimum Gasteiger partial charge on any atom is -0.466 e. The van der Waals surface area contributed by atoms with Gasteiger partial charge in [0.2, 0.25) is 5.91 Å². The molecule has 1 N–H and O–H groups in total. The highest BCUT2D eigenvalue weighted by atomic mass is 127. The van der Waals surface area contributed by atoms with Crippen molar-refractivity contribution in [1.82, 2.24) is 15.1 Å². The molecule has 2 rings (SSSR count). The van der Waals surface area contributed by atoms with Crippen LogP contribution in [0.3, 0.4) is 0 Å². The number of guanidine groups is 1. The molecule has 0 aromatic rings. The van der Waals surface area contributed by atoms with Gasteiger partial charge in [0.15, 0.2) is 5.96 Å². The fourth-order valence-corrected chi connectivity index (χ4v) is 3.80. The van der Waals surface area contributed by atoms with Crippen LogP contribution in [0, 0.1) is 11.8 Å². The number of amides is 1. The lowest BCUT2D eigenvalue weighted by Crippen LogP contribution is -2.49. The van der Waals surface area contributed by atoms with Gasteiger partial charge in [-0.15, -0.1) is 24.0 Å². The molecule has 1 saturated heterocycles. The van der Waals surface area contributed by atoms with E-state index >= 15 is 0 Å². The molecule has 1 saturated carbocycles. The topological polar surface area (TPSA) is 74.2 Å². The van der Waals surface area contributed by atoms with Crippen LogP contribution in [-0.4, -0.2) is 74.5 Å². The summed E-state index contributed by atoms with van der Waals surface area (Å²) in [6, 6.07) is 0. The van der Waals surface area contributed by atoms with E-state index < -0.39 is 0 Å². The monoisotopic (exact) mass is 508 g/mol. The van der Waals surface area contributed by atoms with E-state index in [2.05, 4.69) is 15.2 Å². The van der Waals surface area contributed by atoms with Gasteiger partial charge in [0.1, 0.15) is 6.54 Å². The lowest BCUT2D eigenvalue weighted by atomic mass is 9.89. The fourth-order valence-electron chi connectivity index (χ4n) is 3.80. The van der Waals surface area contributed by atoms with Crippen molar-refractivity contribution in [2.75, 3.05) is 46.9 Å². The Morgan fingerprint density at radius 2 is 1.86 bits per heavy atom. The number of hydrogen-bond acceptors (Lipinski definition) is 4. The lowest BCUT2D eigenvalue weighted by Gasteiger charge is -2.35. The van der Waals surface area contributed by atoms with Crippen LogP contribution in [0.15, 0.2) is 4.99 Å². The van der Waals surface area contributed by atoms with E-state index in [9.17, 15) is 9.59 Å². The van der Waals surface area contributed by atoms with Gasteiger partial charge in [-0.1, -0.05) is 19.3 Å². The first kappa shape index (κ1) is 25.0. The highest BCUT2D eigenvalue weighted by molar-refractivity contribution is 14.0. The van der Waals surface area contributed by atoms with Gasteiger partial charge in [-0.2, -0.15) is 0 Å². The van der Waals surface area contributed by atoms with Crippen molar-refractivity contribution in [3.05, 3.63) is 0 Å². The van der Waals surface area contributed by atoms with Crippen LogP contribution in [0.4, 0.5) is 0 Å². The SMILES string of the molecule is CCOC(=O)C1CCCN(C(=NCC(=O)N(C)C)NCC2CCCCC2)C1.I. The summed E-state index contributed by atoms with van der Waals surface area (Å²) in [5, 5.41) is 3.50. The number of carbonyl (C=O) groups excluding carboxylic acids is 2. The second kappa shape index (κ2) is 13.2. The Labute approximate surface area is 186 Å². The largest absolute Gasteiger partial charge is 0.466 e. The zero-order valence-electron chi connectivity index (χ0n) is 17.6. The van der Waals surface area contributed by atoms with E-state index in [1.807, 2.05) is 6.92 Å². The molecule has 2 fully saturated rings. The predicted octanol–water partition coefficient (Wildman–Crippen LogP) is 2.49. The fraction of sp³-hybridized carbons (Fsp3) is 0.850. The first-order valence-electron chi connectivity index (χ1n) is 10.4. The van der Waals surface area contributed by atoms with E-state index in [4.69, 9.17) is 4.74 Å². The average Bonchev–Trinajstić information content (AvgIpc) is 2.68. The van der Waals surface area contributed by atoms with Crippen molar-refractivity contribution in [3.8, 4) is 0 Å². The minimum absolute atomic E-state index is 0. The second-order valence-corrected chi connectivity index (χ2v) is 7.85. The zero-order valence-corrected chi connectivity index (χ0v) is 19.9. The molecular formula is C20H37IN4O3. The number of nitrogens with one attached hydrogen (secondary N) is 1. The van der Waals surface area contributed by atoms with Crippen LogP contribution in [0.25, 0.3) is 0 Å². The van der Waals surface area contributed by atoms with Crippen molar-refractivity contribution in [2.45, 2.75) is 51.9 Å². The number of nitrogens with zero attached hydrogens (tertiary/aromatic N) is 3. The van der Waals surface area contributed by atoms with E-state index in [0.29, 0.717) is 19.1 Å². The Kier molecular flexibility index (Phi) is 11.8. The molecule has 1 heterocycles. The van der Waals surface area contributed by atoms with Crippen LogP contribution in [-0.2, 0) is 14.3 Å². The van der Waals surface area contributed by atoms with Gasteiger partial charge >= 0.3 is 5.97 Å². The molecule has 1 aliphatic carbocycles. The third-order valence-corrected chi connectivity index (χ3v) is 5.48. The van der Waals surface area contributed by atoms with E-state index in [1.165, 1.54) is 32.1 Å². The molecule has 7 nitrogen and oxygen atoms in total. The van der Waals surface area contributed by atoms with E-state index in [0.717, 1.165) is 31.9 Å². The standard InChI is InChI=1S/C20H36N4O3.HI/c1-4-27-19(26)17-11-8-12-24(15-17)20(22-14-18(25)23(2)3)21-13-16-9-6-5-7-10-16;/h16-17H,4-15H2,1-3H3,(H,21,22);1H. The van der Waals surface area contributed by atoms with Crippen molar-refractivity contribution >= 4 is 41.8 Å². The van der Waals surface area contributed by atoms with Crippen LogP contribution >= 0.6 is 24.0 Å². The second-order valence-electron chi connectivity index (χ2n) is 7.85. The molecule has 162 valence electrons. The van der Waals surface area contributed by atoms with Gasteiger partial charge in [-0.3, -0.25) is 9.59 Å². The number of halogens is 1. The van der Waals surface area contributed by atoms with Crippen molar-refractivity contribution in [3.63, 3.8) is 0 Å². The smallest absolute Gasteiger partial charge is 0.310 e. The van der Waals surface area contributed by atoms with Gasteiger partial charge in [-0.25, -0.2) is 4.99 Å². The molecule has 1 aliphatic heterocycles. The zero-order chi connectivity index (χ0) is 19.6. The summed E-state index contributed by atoms with van der Waals surface area (Å²) in [5.74, 6) is 1.15. The molecular weight excluding hydrogens is 471 g/mol. The summed E-state index contributed by atoms with van der Waals surface area (Å²) in [4.78, 5) is 32.4. The summed E-state index contributed by atoms with van der Waals surface area (Å²) in [5.41, 5.74) is 0. The number of hydrogen-bond donors (Lipinski definition) is 1. The Morgan fingerprint density at radius 1 is 1.14 bits per heavy atom. The summed E-state index contributed by atoms with van der Waals surface area (Å²) >= 11 is 0. The first-order chi connectivity index (χ1) is 13.0. The summed E-state index contributed by atoms with van der Waals surface area (Å²) in [6.07, 6.45) is 8.21. The van der Waals surface area contributed by atoms with Gasteiger partial charge in [-0.05, 0) is 38.5 Å². The molecule has 2 aliphatic rings. The predicted molar refractivity (Wildman–Crippen MR) is 122 cm³/mol. The van der Waals surface area contributed by atoms with Crippen molar-refractivity contribution < 1.29 is 14.3 Å². The molecule has 1 atom stereocenters. The molecule has 0 spiro atoms. The third-order valence-electron chi connectivity index (χ3n) is 5.48. The number of likely N-dealkylation sites (tertiary alicyclic amines) is 1. The van der Waals surface area contributed by atoms with Crippen molar-refractivity contribution in [1.29, 1.82) is 0 Å². The van der Waals surface area contributed by atoms with E-state index in [-0.39, 0.29) is 48.3 Å². The Bertz CT molecular complexity index is 522. The van der Waals surface area contributed by atoms with Gasteiger partial charge < -0.3 is 19.9 Å². The molecule has 28 heavy (non-hydrogen) atoms. The third kappa shape index (κ3) is 8.13. The molecule has 1 amide bonds. The van der Waals surface area contributed by atoms with Gasteiger partial charge in [0.25, 0.3) is 0 Å². The molecule has 0 radical (unpaired) electrons. The summed E-state index contributed by atoms with van der Waals surface area (Å²) in [6.45, 7) is 4.71. The molecule has 0 bridgehead atoms. The lowest BCUT2D eigenvalue weighted by molar-refractivity contribution is -0.149. The highest BCUT2D eigenvalue weighted by Gasteiger charge is 2.29. The van der Waals surface area contributed by atoms with Crippen LogP contribution in [0.2, 0.25) is 0 Å². The van der Waals surface area contributed by atoms with Crippen molar-refractivity contribution in [2.24, 2.45) is 16.8 Å². The number of likely N-dealkylation sites (N-methyl/N-ethyl adjacent to an activating group) is 1.